The monoisotopic (exact) mass is 267 g/mol. The van der Waals surface area contributed by atoms with Gasteiger partial charge in [-0.05, 0) is 35.9 Å². The summed E-state index contributed by atoms with van der Waals surface area (Å²) in [6.45, 7) is 4.11. The van der Waals surface area contributed by atoms with Gasteiger partial charge in [-0.1, -0.05) is 18.7 Å². The summed E-state index contributed by atoms with van der Waals surface area (Å²) in [4.78, 5) is 11.7. The van der Waals surface area contributed by atoms with Crippen LogP contribution in [0.3, 0.4) is 0 Å². The summed E-state index contributed by atoms with van der Waals surface area (Å²) in [7, 11) is 0. The van der Waals surface area contributed by atoms with Crippen LogP contribution in [0, 0.1) is 0 Å². The minimum absolute atomic E-state index is 0.219. The van der Waals surface area contributed by atoms with E-state index in [1.54, 1.807) is 19.1 Å². The van der Waals surface area contributed by atoms with E-state index in [4.69, 9.17) is 4.74 Å². The number of nitrogens with zero attached hydrogens (tertiary/aromatic N) is 5. The van der Waals surface area contributed by atoms with E-state index in [0.717, 1.165) is 0 Å². The minimum Gasteiger partial charge on any atom is -0.465 e. The first-order valence-corrected chi connectivity index (χ1v) is 6.51. The summed E-state index contributed by atoms with van der Waals surface area (Å²) >= 11 is 1.35. The molecule has 0 aliphatic carbocycles. The molecule has 1 unspecified atom stereocenters. The second kappa shape index (κ2) is 5.76. The Morgan fingerprint density at radius 2 is 2.33 bits per heavy atom. The fraction of sp³-hybridized carbons (Fsp3) is 0.500. The number of aromatic nitrogens is 5. The Bertz CT molecular complexity index is 544. The number of tetrazole rings is 1. The fourth-order valence-electron chi connectivity index (χ4n) is 1.38. The smallest absolute Gasteiger partial charge is 0.319 e. The lowest BCUT2D eigenvalue weighted by atomic mass is 10.3. The number of fused-ring (bicyclic) bond motifs is 1. The Morgan fingerprint density at radius 1 is 1.50 bits per heavy atom. The van der Waals surface area contributed by atoms with Gasteiger partial charge in [-0.2, -0.15) is 0 Å². The SMILES string of the molecule is CCOC(=O)C(CC)Sc1ccc2nnnn2n1. The topological polar surface area (TPSA) is 82.3 Å². The molecule has 0 radical (unpaired) electrons. The van der Waals surface area contributed by atoms with Crippen LogP contribution in [0.25, 0.3) is 5.65 Å². The molecule has 1 atom stereocenters. The molecule has 0 saturated heterocycles. The fourth-order valence-corrected chi connectivity index (χ4v) is 2.27. The lowest BCUT2D eigenvalue weighted by molar-refractivity contribution is -0.142. The van der Waals surface area contributed by atoms with E-state index in [9.17, 15) is 4.79 Å². The van der Waals surface area contributed by atoms with Crippen LogP contribution in [-0.2, 0) is 9.53 Å². The second-order valence-electron chi connectivity index (χ2n) is 3.46. The van der Waals surface area contributed by atoms with Crippen LogP contribution in [0.5, 0.6) is 0 Å². The van der Waals surface area contributed by atoms with Gasteiger partial charge in [-0.3, -0.25) is 4.79 Å². The maximum atomic E-state index is 11.7. The number of ether oxygens (including phenoxy) is 1. The average Bonchev–Trinajstić information content (AvgIpc) is 2.83. The first-order chi connectivity index (χ1) is 8.74. The third-order valence-electron chi connectivity index (χ3n) is 2.23. The molecule has 2 heterocycles. The molecular formula is C10H13N5O2S. The van der Waals surface area contributed by atoms with Crippen molar-refractivity contribution in [2.24, 2.45) is 0 Å². The zero-order valence-electron chi connectivity index (χ0n) is 10.1. The van der Waals surface area contributed by atoms with E-state index < -0.39 is 0 Å². The van der Waals surface area contributed by atoms with E-state index in [-0.39, 0.29) is 11.2 Å². The molecule has 2 aromatic rings. The summed E-state index contributed by atoms with van der Waals surface area (Å²) < 4.78 is 6.34. The van der Waals surface area contributed by atoms with Crippen LogP contribution in [-0.4, -0.2) is 43.1 Å². The second-order valence-corrected chi connectivity index (χ2v) is 4.69. The van der Waals surface area contributed by atoms with Crippen LogP contribution in [0.15, 0.2) is 17.2 Å². The van der Waals surface area contributed by atoms with Gasteiger partial charge < -0.3 is 4.74 Å². The third kappa shape index (κ3) is 2.76. The predicted molar refractivity (Wildman–Crippen MR) is 65.1 cm³/mol. The lowest BCUT2D eigenvalue weighted by Gasteiger charge is -2.11. The van der Waals surface area contributed by atoms with Crippen LogP contribution in [0.4, 0.5) is 0 Å². The zero-order valence-corrected chi connectivity index (χ0v) is 10.9. The molecule has 18 heavy (non-hydrogen) atoms. The van der Waals surface area contributed by atoms with Crippen molar-refractivity contribution in [2.75, 3.05) is 6.61 Å². The Kier molecular flexibility index (Phi) is 4.08. The van der Waals surface area contributed by atoms with Gasteiger partial charge in [0.05, 0.1) is 6.61 Å². The van der Waals surface area contributed by atoms with Crippen molar-refractivity contribution in [3.05, 3.63) is 12.1 Å². The lowest BCUT2D eigenvalue weighted by Crippen LogP contribution is -2.19. The number of thioether (sulfide) groups is 1. The van der Waals surface area contributed by atoms with E-state index >= 15 is 0 Å². The summed E-state index contributed by atoms with van der Waals surface area (Å²) in [6, 6.07) is 3.55. The summed E-state index contributed by atoms with van der Waals surface area (Å²) in [5.74, 6) is -0.219. The minimum atomic E-state index is -0.258. The van der Waals surface area contributed by atoms with Crippen LogP contribution >= 0.6 is 11.8 Å². The maximum absolute atomic E-state index is 11.7. The number of esters is 1. The summed E-state index contributed by atoms with van der Waals surface area (Å²) in [6.07, 6.45) is 0.679. The van der Waals surface area contributed by atoms with Gasteiger partial charge in [0.15, 0.2) is 5.65 Å². The molecule has 7 nitrogen and oxygen atoms in total. The molecule has 0 aliphatic heterocycles. The van der Waals surface area contributed by atoms with Crippen LogP contribution < -0.4 is 0 Å². The van der Waals surface area contributed by atoms with Crippen molar-refractivity contribution in [2.45, 2.75) is 30.5 Å². The zero-order chi connectivity index (χ0) is 13.0. The highest BCUT2D eigenvalue weighted by Gasteiger charge is 2.20. The van der Waals surface area contributed by atoms with Gasteiger partial charge in [0, 0.05) is 0 Å². The van der Waals surface area contributed by atoms with Crippen LogP contribution in [0.2, 0.25) is 0 Å². The largest absolute Gasteiger partial charge is 0.465 e. The molecule has 2 rings (SSSR count). The van der Waals surface area contributed by atoms with Crippen molar-refractivity contribution >= 4 is 23.4 Å². The molecule has 0 aliphatic rings. The highest BCUT2D eigenvalue weighted by atomic mass is 32.2. The molecule has 0 spiro atoms. The van der Waals surface area contributed by atoms with Crippen molar-refractivity contribution in [1.82, 2.24) is 25.3 Å². The Balaban J connectivity index is 2.13. The number of rotatable bonds is 5. The van der Waals surface area contributed by atoms with E-state index in [1.165, 1.54) is 16.4 Å². The van der Waals surface area contributed by atoms with Crippen molar-refractivity contribution in [1.29, 1.82) is 0 Å². The molecule has 0 saturated carbocycles. The molecule has 0 amide bonds. The van der Waals surface area contributed by atoms with Gasteiger partial charge in [0.2, 0.25) is 0 Å². The number of carbonyl (C=O) groups excluding carboxylic acids is 1. The number of hydrogen-bond acceptors (Lipinski definition) is 7. The van der Waals surface area contributed by atoms with E-state index in [2.05, 4.69) is 20.6 Å². The highest BCUT2D eigenvalue weighted by Crippen LogP contribution is 2.24. The predicted octanol–water partition coefficient (Wildman–Crippen LogP) is 0.953. The van der Waals surface area contributed by atoms with Gasteiger partial charge in [-0.15, -0.1) is 14.8 Å². The molecule has 2 aromatic heterocycles. The summed E-state index contributed by atoms with van der Waals surface area (Å²) in [5.41, 5.74) is 0.573. The molecule has 8 heteroatoms. The van der Waals surface area contributed by atoms with Gasteiger partial charge in [-0.25, -0.2) is 0 Å². The molecular weight excluding hydrogens is 254 g/mol. The molecule has 96 valence electrons. The maximum Gasteiger partial charge on any atom is 0.319 e. The quantitative estimate of drug-likeness (QED) is 0.589. The van der Waals surface area contributed by atoms with Gasteiger partial charge in [0.1, 0.15) is 10.3 Å². The molecule has 0 aromatic carbocycles. The Hall–Kier alpha value is -1.70. The van der Waals surface area contributed by atoms with E-state index in [1.807, 2.05) is 6.92 Å². The Labute approximate surface area is 108 Å². The van der Waals surface area contributed by atoms with Crippen molar-refractivity contribution in [3.63, 3.8) is 0 Å². The van der Waals surface area contributed by atoms with Gasteiger partial charge >= 0.3 is 5.97 Å². The van der Waals surface area contributed by atoms with Gasteiger partial charge in [0.25, 0.3) is 0 Å². The van der Waals surface area contributed by atoms with Crippen molar-refractivity contribution in [3.8, 4) is 0 Å². The standard InChI is InChI=1S/C10H13N5O2S/c1-3-7(10(16)17-4-2)18-9-6-5-8-11-13-14-15(8)12-9/h5-7H,3-4H2,1-2H3. The molecule has 0 N–H and O–H groups in total. The Morgan fingerprint density at radius 3 is 3.06 bits per heavy atom. The average molecular weight is 267 g/mol. The first-order valence-electron chi connectivity index (χ1n) is 5.63. The molecule has 0 fully saturated rings. The first kappa shape index (κ1) is 12.7. The third-order valence-corrected chi connectivity index (χ3v) is 3.50. The number of hydrogen-bond donors (Lipinski definition) is 0. The number of carbonyl (C=O) groups is 1. The van der Waals surface area contributed by atoms with E-state index in [0.29, 0.717) is 23.7 Å². The molecule has 0 bridgehead atoms. The van der Waals surface area contributed by atoms with Crippen molar-refractivity contribution < 1.29 is 9.53 Å². The summed E-state index contributed by atoms with van der Waals surface area (Å²) in [5, 5.41) is 15.6. The highest BCUT2D eigenvalue weighted by molar-refractivity contribution is 8.00. The van der Waals surface area contributed by atoms with Crippen LogP contribution in [0.1, 0.15) is 20.3 Å². The normalized spacial score (nSPS) is 12.6.